The van der Waals surface area contributed by atoms with Crippen molar-refractivity contribution < 1.29 is 0 Å². The Kier molecular flexibility index (Phi) is 3.99. The van der Waals surface area contributed by atoms with Gasteiger partial charge in [0.2, 0.25) is 0 Å². The van der Waals surface area contributed by atoms with Crippen LogP contribution < -0.4 is 9.80 Å². The van der Waals surface area contributed by atoms with Crippen LogP contribution >= 0.6 is 0 Å². The number of hydrogen-bond acceptors (Lipinski definition) is 5. The van der Waals surface area contributed by atoms with Crippen molar-refractivity contribution in [1.82, 2.24) is 15.0 Å². The molecule has 0 saturated carbocycles. The monoisotopic (exact) mass is 333 g/mol. The molecular formula is C20H23N5. The zero-order valence-corrected chi connectivity index (χ0v) is 15.0. The lowest BCUT2D eigenvalue weighted by Crippen LogP contribution is -2.47. The molecule has 4 rings (SSSR count). The van der Waals surface area contributed by atoms with Crippen molar-refractivity contribution in [3.8, 4) is 0 Å². The second-order valence-electron chi connectivity index (χ2n) is 6.75. The van der Waals surface area contributed by atoms with Gasteiger partial charge in [0.1, 0.15) is 11.6 Å². The minimum atomic E-state index is 0.799. The van der Waals surface area contributed by atoms with Crippen molar-refractivity contribution in [2.45, 2.75) is 20.8 Å². The Morgan fingerprint density at radius 2 is 1.64 bits per heavy atom. The largest absolute Gasteiger partial charge is 0.368 e. The molecule has 128 valence electrons. The summed E-state index contributed by atoms with van der Waals surface area (Å²) < 4.78 is 0. The third-order valence-electron chi connectivity index (χ3n) is 4.88. The van der Waals surface area contributed by atoms with Crippen molar-refractivity contribution in [2.75, 3.05) is 36.0 Å². The third-order valence-corrected chi connectivity index (χ3v) is 4.88. The van der Waals surface area contributed by atoms with Crippen LogP contribution in [0.15, 0.2) is 36.7 Å². The highest BCUT2D eigenvalue weighted by Crippen LogP contribution is 2.27. The Bertz CT molecular complexity index is 913. The van der Waals surface area contributed by atoms with Crippen LogP contribution in [0.3, 0.4) is 0 Å². The molecule has 0 unspecified atom stereocenters. The van der Waals surface area contributed by atoms with Gasteiger partial charge in [-0.3, -0.25) is 4.98 Å². The molecule has 1 aliphatic heterocycles. The lowest BCUT2D eigenvalue weighted by Gasteiger charge is -2.38. The van der Waals surface area contributed by atoms with Crippen LogP contribution in [0.5, 0.6) is 0 Å². The van der Waals surface area contributed by atoms with Crippen molar-refractivity contribution in [1.29, 1.82) is 0 Å². The van der Waals surface area contributed by atoms with E-state index in [1.165, 1.54) is 16.8 Å². The minimum Gasteiger partial charge on any atom is -0.368 e. The molecule has 2 aromatic heterocycles. The molecule has 0 spiro atoms. The molecule has 5 heteroatoms. The molecule has 3 heterocycles. The SMILES string of the molecule is Cc1ccc(C)c(N2CCN(c3nc(C)nc4cnccc34)CC2)c1. The topological polar surface area (TPSA) is 45.2 Å². The van der Waals surface area contributed by atoms with Crippen LogP contribution in [0.25, 0.3) is 10.9 Å². The van der Waals surface area contributed by atoms with Gasteiger partial charge < -0.3 is 9.80 Å². The van der Waals surface area contributed by atoms with Gasteiger partial charge in [0.05, 0.1) is 11.7 Å². The molecule has 0 radical (unpaired) electrons. The van der Waals surface area contributed by atoms with Crippen molar-refractivity contribution in [3.63, 3.8) is 0 Å². The first-order chi connectivity index (χ1) is 12.1. The number of nitrogens with zero attached hydrogens (tertiary/aromatic N) is 5. The molecule has 0 atom stereocenters. The molecule has 1 aliphatic rings. The lowest BCUT2D eigenvalue weighted by atomic mass is 10.1. The predicted molar refractivity (Wildman–Crippen MR) is 102 cm³/mol. The summed E-state index contributed by atoms with van der Waals surface area (Å²) in [4.78, 5) is 18.3. The summed E-state index contributed by atoms with van der Waals surface area (Å²) in [6.45, 7) is 10.2. The van der Waals surface area contributed by atoms with Gasteiger partial charge in [-0.05, 0) is 44.0 Å². The van der Waals surface area contributed by atoms with Crippen LogP contribution in [0.1, 0.15) is 17.0 Å². The summed E-state index contributed by atoms with van der Waals surface area (Å²) in [6.07, 6.45) is 3.64. The van der Waals surface area contributed by atoms with E-state index in [-0.39, 0.29) is 0 Å². The molecule has 1 aromatic carbocycles. The van der Waals surface area contributed by atoms with Crippen LogP contribution in [0.2, 0.25) is 0 Å². The number of aromatic nitrogens is 3. The molecule has 25 heavy (non-hydrogen) atoms. The van der Waals surface area contributed by atoms with Gasteiger partial charge in [-0.1, -0.05) is 12.1 Å². The van der Waals surface area contributed by atoms with Crippen molar-refractivity contribution in [3.05, 3.63) is 53.6 Å². The smallest absolute Gasteiger partial charge is 0.140 e. The normalized spacial score (nSPS) is 15.0. The Balaban J connectivity index is 1.59. The number of rotatable bonds is 2. The van der Waals surface area contributed by atoms with E-state index in [0.717, 1.165) is 48.7 Å². The number of fused-ring (bicyclic) bond motifs is 1. The number of benzene rings is 1. The fourth-order valence-electron chi connectivity index (χ4n) is 3.54. The number of anilines is 2. The molecule has 5 nitrogen and oxygen atoms in total. The second-order valence-corrected chi connectivity index (χ2v) is 6.75. The third kappa shape index (κ3) is 3.02. The van der Waals surface area contributed by atoms with E-state index in [9.17, 15) is 0 Å². The molecule has 1 fully saturated rings. The van der Waals surface area contributed by atoms with E-state index in [1.807, 2.05) is 25.4 Å². The van der Waals surface area contributed by atoms with E-state index < -0.39 is 0 Å². The van der Waals surface area contributed by atoms with Gasteiger partial charge >= 0.3 is 0 Å². The first-order valence-electron chi connectivity index (χ1n) is 8.77. The summed E-state index contributed by atoms with van der Waals surface area (Å²) in [7, 11) is 0. The van der Waals surface area contributed by atoms with Crippen LogP contribution in [-0.2, 0) is 0 Å². The van der Waals surface area contributed by atoms with Crippen LogP contribution in [0, 0.1) is 20.8 Å². The van der Waals surface area contributed by atoms with Gasteiger partial charge in [-0.2, -0.15) is 0 Å². The zero-order chi connectivity index (χ0) is 17.4. The second kappa shape index (κ2) is 6.31. The maximum Gasteiger partial charge on any atom is 0.140 e. The Morgan fingerprint density at radius 3 is 2.44 bits per heavy atom. The maximum atomic E-state index is 4.72. The van der Waals surface area contributed by atoms with Gasteiger partial charge in [-0.25, -0.2) is 9.97 Å². The fourth-order valence-corrected chi connectivity index (χ4v) is 3.54. The van der Waals surface area contributed by atoms with Crippen LogP contribution in [0.4, 0.5) is 11.5 Å². The minimum absolute atomic E-state index is 0.799. The van der Waals surface area contributed by atoms with Crippen LogP contribution in [-0.4, -0.2) is 41.1 Å². The molecule has 1 saturated heterocycles. The standard InChI is InChI=1S/C20H23N5/c1-14-4-5-15(2)19(12-14)24-8-10-25(11-9-24)20-17-6-7-21-13-18(17)22-16(3)23-20/h4-7,12-13H,8-11H2,1-3H3. The van der Waals surface area contributed by atoms with E-state index in [0.29, 0.717) is 0 Å². The van der Waals surface area contributed by atoms with Gasteiger partial charge in [0.15, 0.2) is 0 Å². The van der Waals surface area contributed by atoms with Crippen molar-refractivity contribution >= 4 is 22.4 Å². The van der Waals surface area contributed by atoms with E-state index in [2.05, 4.69) is 51.8 Å². The molecule has 0 aliphatic carbocycles. The molecule has 3 aromatic rings. The maximum absolute atomic E-state index is 4.72. The summed E-state index contributed by atoms with van der Waals surface area (Å²) in [5.41, 5.74) is 4.93. The summed E-state index contributed by atoms with van der Waals surface area (Å²) in [5.74, 6) is 1.83. The van der Waals surface area contributed by atoms with E-state index >= 15 is 0 Å². The van der Waals surface area contributed by atoms with Crippen molar-refractivity contribution in [2.24, 2.45) is 0 Å². The van der Waals surface area contributed by atoms with Gasteiger partial charge in [-0.15, -0.1) is 0 Å². The number of piperazine rings is 1. The first kappa shape index (κ1) is 15.8. The highest BCUT2D eigenvalue weighted by atomic mass is 15.3. The van der Waals surface area contributed by atoms with Gasteiger partial charge in [0, 0.05) is 43.4 Å². The number of aryl methyl sites for hydroxylation is 3. The zero-order valence-electron chi connectivity index (χ0n) is 15.0. The summed E-state index contributed by atoms with van der Waals surface area (Å²) >= 11 is 0. The van der Waals surface area contributed by atoms with E-state index in [1.54, 1.807) is 0 Å². The fraction of sp³-hybridized carbons (Fsp3) is 0.350. The molecule has 0 N–H and O–H groups in total. The summed E-state index contributed by atoms with van der Waals surface area (Å²) in [6, 6.07) is 8.70. The Labute approximate surface area is 148 Å². The number of pyridine rings is 1. The Hall–Kier alpha value is -2.69. The number of hydrogen-bond donors (Lipinski definition) is 0. The molecular weight excluding hydrogens is 310 g/mol. The molecule has 0 bridgehead atoms. The first-order valence-corrected chi connectivity index (χ1v) is 8.77. The predicted octanol–water partition coefficient (Wildman–Crippen LogP) is 3.28. The van der Waals surface area contributed by atoms with Gasteiger partial charge in [0.25, 0.3) is 0 Å². The highest BCUT2D eigenvalue weighted by Gasteiger charge is 2.21. The average Bonchev–Trinajstić information content (AvgIpc) is 2.63. The van der Waals surface area contributed by atoms with E-state index in [4.69, 9.17) is 4.98 Å². The molecule has 0 amide bonds. The average molecular weight is 333 g/mol. The summed E-state index contributed by atoms with van der Waals surface area (Å²) in [5, 5.41) is 1.08. The Morgan fingerprint density at radius 1 is 0.880 bits per heavy atom. The quantitative estimate of drug-likeness (QED) is 0.720. The lowest BCUT2D eigenvalue weighted by molar-refractivity contribution is 0.646. The highest BCUT2D eigenvalue weighted by molar-refractivity contribution is 5.89.